The molecule has 0 saturated carbocycles. The Morgan fingerprint density at radius 3 is 2.76 bits per heavy atom. The van der Waals surface area contributed by atoms with Crippen LogP contribution in [0.5, 0.6) is 17.2 Å². The number of para-hydroxylation sites is 1. The van der Waals surface area contributed by atoms with Gasteiger partial charge in [-0.05, 0) is 38.1 Å². The fraction of sp³-hybridized carbons (Fsp3) is 0.273. The van der Waals surface area contributed by atoms with Crippen molar-refractivity contribution >= 4 is 11.6 Å². The molecule has 150 valence electrons. The van der Waals surface area contributed by atoms with Crippen LogP contribution < -0.4 is 19.1 Å². The molecule has 7 heteroatoms. The number of hydrogen-bond donors (Lipinski definition) is 0. The number of anilines is 1. The van der Waals surface area contributed by atoms with Gasteiger partial charge in [-0.3, -0.25) is 9.69 Å². The van der Waals surface area contributed by atoms with Gasteiger partial charge in [-0.1, -0.05) is 18.2 Å². The minimum absolute atomic E-state index is 0.147. The van der Waals surface area contributed by atoms with Crippen molar-refractivity contribution in [1.82, 2.24) is 9.78 Å². The summed E-state index contributed by atoms with van der Waals surface area (Å²) in [7, 11) is 1.59. The SMILES string of the molecule is CCOc1cn(-c2ccccc2)nc1C(=O)N1CC(C)Oc2ccc(OC)cc21. The highest BCUT2D eigenvalue weighted by Gasteiger charge is 2.32. The molecule has 0 saturated heterocycles. The first-order chi connectivity index (χ1) is 14.1. The van der Waals surface area contributed by atoms with Crippen LogP contribution in [0.1, 0.15) is 24.3 Å². The number of carbonyl (C=O) groups is 1. The molecule has 1 unspecified atom stereocenters. The maximum absolute atomic E-state index is 13.5. The first-order valence-corrected chi connectivity index (χ1v) is 9.55. The molecule has 2 aromatic carbocycles. The van der Waals surface area contributed by atoms with Crippen molar-refractivity contribution in [3.8, 4) is 22.9 Å². The van der Waals surface area contributed by atoms with E-state index in [-0.39, 0.29) is 17.7 Å². The van der Waals surface area contributed by atoms with E-state index >= 15 is 0 Å². The zero-order valence-corrected chi connectivity index (χ0v) is 16.7. The molecule has 1 aliphatic heterocycles. The van der Waals surface area contributed by atoms with Crippen molar-refractivity contribution < 1.29 is 19.0 Å². The van der Waals surface area contributed by atoms with Gasteiger partial charge in [0.05, 0.1) is 37.8 Å². The van der Waals surface area contributed by atoms with Crippen molar-refractivity contribution in [3.05, 3.63) is 60.4 Å². The zero-order valence-electron chi connectivity index (χ0n) is 16.7. The third kappa shape index (κ3) is 3.63. The first-order valence-electron chi connectivity index (χ1n) is 9.55. The van der Waals surface area contributed by atoms with Gasteiger partial charge in [0.15, 0.2) is 11.4 Å². The van der Waals surface area contributed by atoms with Crippen LogP contribution in [0.2, 0.25) is 0 Å². The molecule has 0 aliphatic carbocycles. The molecule has 3 aromatic rings. The van der Waals surface area contributed by atoms with Crippen molar-refractivity contribution in [1.29, 1.82) is 0 Å². The van der Waals surface area contributed by atoms with Gasteiger partial charge < -0.3 is 14.2 Å². The van der Waals surface area contributed by atoms with E-state index in [0.717, 1.165) is 5.69 Å². The third-order valence-corrected chi connectivity index (χ3v) is 4.67. The summed E-state index contributed by atoms with van der Waals surface area (Å²) in [6.07, 6.45) is 1.59. The van der Waals surface area contributed by atoms with Gasteiger partial charge in [0.2, 0.25) is 0 Å². The van der Waals surface area contributed by atoms with Crippen LogP contribution in [0.15, 0.2) is 54.7 Å². The average molecular weight is 393 g/mol. The summed E-state index contributed by atoms with van der Waals surface area (Å²) in [6.45, 7) is 4.65. The Kier molecular flexibility index (Phi) is 5.12. The molecular weight excluding hydrogens is 370 g/mol. The molecular formula is C22H23N3O4. The smallest absolute Gasteiger partial charge is 0.282 e. The lowest BCUT2D eigenvalue weighted by Gasteiger charge is -2.33. The minimum atomic E-state index is -0.243. The van der Waals surface area contributed by atoms with Gasteiger partial charge in [0, 0.05) is 6.07 Å². The van der Waals surface area contributed by atoms with E-state index in [2.05, 4.69) is 5.10 Å². The molecule has 0 bridgehead atoms. The van der Waals surface area contributed by atoms with Crippen LogP contribution in [0, 0.1) is 0 Å². The number of hydrogen-bond acceptors (Lipinski definition) is 5. The van der Waals surface area contributed by atoms with Crippen molar-refractivity contribution in [2.75, 3.05) is 25.2 Å². The van der Waals surface area contributed by atoms with E-state index in [0.29, 0.717) is 36.1 Å². The predicted octanol–water partition coefficient (Wildman–Crippen LogP) is 3.71. The van der Waals surface area contributed by atoms with E-state index < -0.39 is 0 Å². The summed E-state index contributed by atoms with van der Waals surface area (Å²) < 4.78 is 18.6. The molecule has 4 rings (SSSR count). The maximum atomic E-state index is 13.5. The highest BCUT2D eigenvalue weighted by molar-refractivity contribution is 6.07. The van der Waals surface area contributed by atoms with Gasteiger partial charge in [0.25, 0.3) is 5.91 Å². The van der Waals surface area contributed by atoms with Crippen LogP contribution >= 0.6 is 0 Å². The topological polar surface area (TPSA) is 65.8 Å². The van der Waals surface area contributed by atoms with Gasteiger partial charge in [-0.2, -0.15) is 5.10 Å². The average Bonchev–Trinajstić information content (AvgIpc) is 3.17. The number of rotatable bonds is 5. The number of nitrogens with zero attached hydrogens (tertiary/aromatic N) is 3. The quantitative estimate of drug-likeness (QED) is 0.661. The van der Waals surface area contributed by atoms with Crippen molar-refractivity contribution in [3.63, 3.8) is 0 Å². The number of carbonyl (C=O) groups excluding carboxylic acids is 1. The van der Waals surface area contributed by atoms with Gasteiger partial charge in [-0.25, -0.2) is 4.68 Å². The van der Waals surface area contributed by atoms with E-state index in [1.165, 1.54) is 0 Å². The monoisotopic (exact) mass is 393 g/mol. The molecule has 1 amide bonds. The van der Waals surface area contributed by atoms with Crippen LogP contribution in [-0.4, -0.2) is 42.1 Å². The second kappa shape index (κ2) is 7.87. The fourth-order valence-electron chi connectivity index (χ4n) is 3.34. The zero-order chi connectivity index (χ0) is 20.4. The summed E-state index contributed by atoms with van der Waals surface area (Å²) in [5.74, 6) is 1.50. The summed E-state index contributed by atoms with van der Waals surface area (Å²) in [5, 5.41) is 4.54. The van der Waals surface area contributed by atoms with Gasteiger partial charge in [-0.15, -0.1) is 0 Å². The van der Waals surface area contributed by atoms with Crippen molar-refractivity contribution in [2.45, 2.75) is 20.0 Å². The number of fused-ring (bicyclic) bond motifs is 1. The fourth-order valence-corrected chi connectivity index (χ4v) is 3.34. The minimum Gasteiger partial charge on any atom is -0.497 e. The second-order valence-corrected chi connectivity index (χ2v) is 6.73. The lowest BCUT2D eigenvalue weighted by atomic mass is 10.1. The lowest BCUT2D eigenvalue weighted by Crippen LogP contribution is -2.42. The molecule has 0 fully saturated rings. The standard InChI is InChI=1S/C22H23N3O4/c1-4-28-20-14-25(16-8-6-5-7-9-16)23-21(20)22(26)24-13-15(2)29-19-11-10-17(27-3)12-18(19)24/h5-12,14-15H,4,13H2,1-3H3. The Hall–Kier alpha value is -3.48. The Labute approximate surface area is 169 Å². The van der Waals surface area contributed by atoms with Crippen molar-refractivity contribution in [2.24, 2.45) is 0 Å². The molecule has 1 aliphatic rings. The molecule has 0 N–H and O–H groups in total. The molecule has 1 aromatic heterocycles. The molecule has 7 nitrogen and oxygen atoms in total. The number of benzene rings is 2. The molecule has 0 spiro atoms. The lowest BCUT2D eigenvalue weighted by molar-refractivity contribution is 0.0952. The number of ether oxygens (including phenoxy) is 3. The van der Waals surface area contributed by atoms with Crippen LogP contribution in [-0.2, 0) is 0 Å². The van der Waals surface area contributed by atoms with Gasteiger partial charge in [0.1, 0.15) is 17.6 Å². The number of aromatic nitrogens is 2. The van der Waals surface area contributed by atoms with E-state index in [1.54, 1.807) is 29.0 Å². The number of amides is 1. The van der Waals surface area contributed by atoms with Crippen LogP contribution in [0.3, 0.4) is 0 Å². The maximum Gasteiger partial charge on any atom is 0.282 e. The highest BCUT2D eigenvalue weighted by Crippen LogP contribution is 2.38. The second-order valence-electron chi connectivity index (χ2n) is 6.73. The summed E-state index contributed by atoms with van der Waals surface area (Å²) in [5.41, 5.74) is 1.77. The van der Waals surface area contributed by atoms with Gasteiger partial charge >= 0.3 is 0 Å². The van der Waals surface area contributed by atoms with E-state index in [4.69, 9.17) is 14.2 Å². The first kappa shape index (κ1) is 18.9. The van der Waals surface area contributed by atoms with Crippen LogP contribution in [0.4, 0.5) is 5.69 Å². The third-order valence-electron chi connectivity index (χ3n) is 4.67. The summed E-state index contributed by atoms with van der Waals surface area (Å²) >= 11 is 0. The normalized spacial score (nSPS) is 15.4. The summed E-state index contributed by atoms with van der Waals surface area (Å²) in [4.78, 5) is 15.2. The highest BCUT2D eigenvalue weighted by atomic mass is 16.5. The molecule has 1 atom stereocenters. The predicted molar refractivity (Wildman–Crippen MR) is 109 cm³/mol. The van der Waals surface area contributed by atoms with Crippen LogP contribution in [0.25, 0.3) is 5.69 Å². The number of methoxy groups -OCH3 is 1. The Morgan fingerprint density at radius 1 is 1.24 bits per heavy atom. The van der Waals surface area contributed by atoms with E-state index in [9.17, 15) is 4.79 Å². The molecule has 29 heavy (non-hydrogen) atoms. The molecule has 0 radical (unpaired) electrons. The Morgan fingerprint density at radius 2 is 2.03 bits per heavy atom. The molecule has 2 heterocycles. The Balaban J connectivity index is 1.76. The van der Waals surface area contributed by atoms with E-state index in [1.807, 2.05) is 56.3 Å². The largest absolute Gasteiger partial charge is 0.497 e. The summed E-state index contributed by atoms with van der Waals surface area (Å²) in [6, 6.07) is 15.1. The Bertz CT molecular complexity index is 1020.